The summed E-state index contributed by atoms with van der Waals surface area (Å²) in [6.07, 6.45) is 5.36. The Labute approximate surface area is 178 Å². The van der Waals surface area contributed by atoms with Crippen molar-refractivity contribution in [2.75, 3.05) is 18.4 Å². The van der Waals surface area contributed by atoms with Gasteiger partial charge in [0.2, 0.25) is 5.91 Å². The molecule has 2 fully saturated rings. The van der Waals surface area contributed by atoms with Crippen LogP contribution < -0.4 is 5.32 Å². The average molecular weight is 423 g/mol. The van der Waals surface area contributed by atoms with Gasteiger partial charge in [-0.05, 0) is 38.0 Å². The number of nitrogens with one attached hydrogen (secondary N) is 1. The summed E-state index contributed by atoms with van der Waals surface area (Å²) in [4.78, 5) is 15.1. The number of amides is 1. The molecule has 0 unspecified atom stereocenters. The Morgan fingerprint density at radius 1 is 1.17 bits per heavy atom. The first-order valence-electron chi connectivity index (χ1n) is 11.7. The average Bonchev–Trinajstić information content (AvgIpc) is 3.18. The van der Waals surface area contributed by atoms with Gasteiger partial charge in [0.25, 0.3) is 6.43 Å². The van der Waals surface area contributed by atoms with Crippen molar-refractivity contribution in [2.24, 2.45) is 11.8 Å². The number of carbonyl (C=O) groups is 1. The summed E-state index contributed by atoms with van der Waals surface area (Å²) in [5.41, 5.74) is 0.636. The van der Waals surface area contributed by atoms with Gasteiger partial charge in [-0.2, -0.15) is 5.10 Å². The summed E-state index contributed by atoms with van der Waals surface area (Å²) in [6.45, 7) is 7.64. The van der Waals surface area contributed by atoms with E-state index in [1.807, 2.05) is 31.7 Å². The van der Waals surface area contributed by atoms with E-state index in [0.717, 1.165) is 50.8 Å². The second kappa shape index (κ2) is 8.46. The highest BCUT2D eigenvalue weighted by Gasteiger charge is 2.40. The van der Waals surface area contributed by atoms with Gasteiger partial charge in [0, 0.05) is 36.5 Å². The number of carbonyl (C=O) groups excluding carboxylic acids is 1. The number of fused-ring (bicyclic) bond motifs is 1. The maximum atomic E-state index is 13.9. The zero-order valence-corrected chi connectivity index (χ0v) is 18.5. The highest BCUT2D eigenvalue weighted by Crippen LogP contribution is 2.38. The van der Waals surface area contributed by atoms with E-state index in [1.54, 1.807) is 0 Å². The Kier molecular flexibility index (Phi) is 6.08. The number of aromatic nitrogens is 2. The molecule has 1 aromatic rings. The number of alkyl halides is 2. The molecule has 0 bridgehead atoms. The van der Waals surface area contributed by atoms with Gasteiger partial charge in [0.05, 0.1) is 5.69 Å². The molecule has 1 saturated heterocycles. The van der Waals surface area contributed by atoms with E-state index in [9.17, 15) is 13.6 Å². The third-order valence-electron chi connectivity index (χ3n) is 7.23. The Morgan fingerprint density at radius 3 is 2.57 bits per heavy atom. The van der Waals surface area contributed by atoms with Gasteiger partial charge in [0.1, 0.15) is 11.9 Å². The number of piperidine rings is 1. The molecule has 1 saturated carbocycles. The number of halogens is 2. The molecule has 0 spiro atoms. The summed E-state index contributed by atoms with van der Waals surface area (Å²) >= 11 is 0. The lowest BCUT2D eigenvalue weighted by atomic mass is 9.84. The fourth-order valence-corrected chi connectivity index (χ4v) is 5.40. The predicted octanol–water partition coefficient (Wildman–Crippen LogP) is 4.99. The monoisotopic (exact) mass is 422 g/mol. The van der Waals surface area contributed by atoms with E-state index >= 15 is 0 Å². The first kappa shape index (κ1) is 21.6. The van der Waals surface area contributed by atoms with Gasteiger partial charge >= 0.3 is 0 Å². The largest absolute Gasteiger partial charge is 0.367 e. The fraction of sp³-hybridized carbons (Fsp3) is 0.826. The van der Waals surface area contributed by atoms with Crippen molar-refractivity contribution in [3.05, 3.63) is 11.8 Å². The van der Waals surface area contributed by atoms with E-state index in [1.165, 1.54) is 11.1 Å². The van der Waals surface area contributed by atoms with Gasteiger partial charge in [-0.25, -0.2) is 13.5 Å². The lowest BCUT2D eigenvalue weighted by Crippen LogP contribution is -2.49. The number of nitrogens with zero attached hydrogens (tertiary/aromatic N) is 3. The SMILES string of the molecule is CC(C)(C)c1cc2n(n1)[C@@H](C(F)F)C[C@@H]([C@@H]1CCCN(C(=O)C3CCCCC3)C1)N2. The van der Waals surface area contributed by atoms with Crippen LogP contribution >= 0.6 is 0 Å². The quantitative estimate of drug-likeness (QED) is 0.747. The number of hydrogen-bond donors (Lipinski definition) is 1. The van der Waals surface area contributed by atoms with E-state index in [-0.39, 0.29) is 23.3 Å². The van der Waals surface area contributed by atoms with E-state index in [2.05, 4.69) is 10.4 Å². The molecule has 30 heavy (non-hydrogen) atoms. The zero-order valence-electron chi connectivity index (χ0n) is 18.5. The molecular weight excluding hydrogens is 386 g/mol. The third-order valence-corrected chi connectivity index (χ3v) is 7.23. The molecule has 3 heterocycles. The molecule has 2 aliphatic heterocycles. The summed E-state index contributed by atoms with van der Waals surface area (Å²) in [7, 11) is 0. The van der Waals surface area contributed by atoms with Crippen molar-refractivity contribution >= 4 is 11.7 Å². The van der Waals surface area contributed by atoms with Crippen LogP contribution in [-0.2, 0) is 10.2 Å². The Balaban J connectivity index is 1.49. The highest BCUT2D eigenvalue weighted by atomic mass is 19.3. The third kappa shape index (κ3) is 4.35. The van der Waals surface area contributed by atoms with Crippen molar-refractivity contribution in [3.63, 3.8) is 0 Å². The molecular formula is C23H36F2N4O. The summed E-state index contributed by atoms with van der Waals surface area (Å²) in [6, 6.07) is 0.963. The standard InChI is InChI=1S/C23H36F2N4O/c1-23(2,3)19-13-20-26-17(12-18(21(24)25)29(20)27-19)16-10-7-11-28(14-16)22(30)15-8-5-4-6-9-15/h13,15-18,21,26H,4-12,14H2,1-3H3/t16-,17+,18-/m1/s1. The number of hydrogen-bond acceptors (Lipinski definition) is 3. The summed E-state index contributed by atoms with van der Waals surface area (Å²) in [5.74, 6) is 1.36. The Hall–Kier alpha value is -1.66. The molecule has 0 aromatic carbocycles. The predicted molar refractivity (Wildman–Crippen MR) is 114 cm³/mol. The van der Waals surface area contributed by atoms with E-state index in [4.69, 9.17) is 0 Å². The summed E-state index contributed by atoms with van der Waals surface area (Å²) in [5, 5.41) is 8.03. The van der Waals surface area contributed by atoms with Crippen LogP contribution in [0.4, 0.5) is 14.6 Å². The minimum Gasteiger partial charge on any atom is -0.367 e. The van der Waals surface area contributed by atoms with Crippen molar-refractivity contribution in [2.45, 2.75) is 96.1 Å². The fourth-order valence-electron chi connectivity index (χ4n) is 5.40. The smallest absolute Gasteiger partial charge is 0.260 e. The van der Waals surface area contributed by atoms with Crippen LogP contribution in [-0.4, -0.2) is 46.1 Å². The molecule has 1 aliphatic carbocycles. The lowest BCUT2D eigenvalue weighted by Gasteiger charge is -2.42. The molecule has 1 amide bonds. The maximum absolute atomic E-state index is 13.9. The Morgan fingerprint density at radius 2 is 1.90 bits per heavy atom. The molecule has 1 N–H and O–H groups in total. The number of anilines is 1. The van der Waals surface area contributed by atoms with Crippen molar-refractivity contribution < 1.29 is 13.6 Å². The van der Waals surface area contributed by atoms with Crippen LogP contribution in [0.15, 0.2) is 6.07 Å². The molecule has 5 nitrogen and oxygen atoms in total. The van der Waals surface area contributed by atoms with Gasteiger partial charge < -0.3 is 10.2 Å². The van der Waals surface area contributed by atoms with Gasteiger partial charge in [-0.15, -0.1) is 0 Å². The van der Waals surface area contributed by atoms with Gasteiger partial charge in [0.15, 0.2) is 0 Å². The van der Waals surface area contributed by atoms with Crippen LogP contribution in [0.1, 0.15) is 83.9 Å². The second-order valence-electron chi connectivity index (χ2n) is 10.5. The van der Waals surface area contributed by atoms with Gasteiger partial charge in [-0.3, -0.25) is 4.79 Å². The lowest BCUT2D eigenvalue weighted by molar-refractivity contribution is -0.138. The molecule has 3 atom stereocenters. The van der Waals surface area contributed by atoms with Crippen molar-refractivity contribution in [3.8, 4) is 0 Å². The normalized spacial score (nSPS) is 28.3. The van der Waals surface area contributed by atoms with Crippen LogP contribution in [0, 0.1) is 11.8 Å². The number of likely N-dealkylation sites (tertiary alicyclic amines) is 1. The molecule has 1 aromatic heterocycles. The van der Waals surface area contributed by atoms with Crippen molar-refractivity contribution in [1.82, 2.24) is 14.7 Å². The molecule has 168 valence electrons. The minimum atomic E-state index is -2.45. The first-order chi connectivity index (χ1) is 14.2. The van der Waals surface area contributed by atoms with Crippen LogP contribution in [0.25, 0.3) is 0 Å². The molecule has 4 rings (SSSR count). The van der Waals surface area contributed by atoms with Crippen LogP contribution in [0.3, 0.4) is 0 Å². The van der Waals surface area contributed by atoms with Crippen molar-refractivity contribution in [1.29, 1.82) is 0 Å². The summed E-state index contributed by atoms with van der Waals surface area (Å²) < 4.78 is 29.4. The maximum Gasteiger partial charge on any atom is 0.260 e. The van der Waals surface area contributed by atoms with Crippen LogP contribution in [0.2, 0.25) is 0 Å². The van der Waals surface area contributed by atoms with Crippen LogP contribution in [0.5, 0.6) is 0 Å². The number of rotatable bonds is 3. The molecule has 7 heteroatoms. The Bertz CT molecular complexity index is 751. The van der Waals surface area contributed by atoms with E-state index in [0.29, 0.717) is 24.7 Å². The zero-order chi connectivity index (χ0) is 21.5. The first-order valence-corrected chi connectivity index (χ1v) is 11.7. The highest BCUT2D eigenvalue weighted by molar-refractivity contribution is 5.79. The van der Waals surface area contributed by atoms with E-state index < -0.39 is 12.5 Å². The molecule has 3 aliphatic rings. The van der Waals surface area contributed by atoms with Gasteiger partial charge in [-0.1, -0.05) is 40.0 Å². The topological polar surface area (TPSA) is 50.2 Å². The molecule has 0 radical (unpaired) electrons. The second-order valence-corrected chi connectivity index (χ2v) is 10.5. The minimum absolute atomic E-state index is 0.0528.